The van der Waals surface area contributed by atoms with E-state index in [0.29, 0.717) is 22.6 Å². The Kier molecular flexibility index (Phi) is 6.89. The minimum Gasteiger partial charge on any atom is -0.355 e. The summed E-state index contributed by atoms with van der Waals surface area (Å²) in [6.07, 6.45) is 0. The van der Waals surface area contributed by atoms with E-state index < -0.39 is 0 Å². The van der Waals surface area contributed by atoms with E-state index in [-0.39, 0.29) is 11.2 Å². The van der Waals surface area contributed by atoms with Crippen molar-refractivity contribution in [1.29, 1.82) is 0 Å². The number of nitrogens with one attached hydrogen (secondary N) is 2. The highest BCUT2D eigenvalue weighted by atomic mass is 35.5. The maximum absolute atomic E-state index is 12.0. The number of amides is 1. The van der Waals surface area contributed by atoms with Crippen molar-refractivity contribution in [3.05, 3.63) is 28.8 Å². The molecule has 1 aromatic heterocycles. The van der Waals surface area contributed by atoms with E-state index in [1.807, 2.05) is 32.0 Å². The van der Waals surface area contributed by atoms with Gasteiger partial charge in [0.15, 0.2) is 4.34 Å². The number of hydrogen-bond donors (Lipinski definition) is 2. The molecule has 0 aliphatic heterocycles. The molecule has 0 fully saturated rings. The SMILES string of the molecule is Cc1ccc(Nc2nnc(SC(C)C(=O)NCC(C)C)s2)cc1Cl. The molecule has 1 unspecified atom stereocenters. The predicted octanol–water partition coefficient (Wildman–Crippen LogP) is 4.50. The van der Waals surface area contributed by atoms with Gasteiger partial charge in [-0.15, -0.1) is 10.2 Å². The molecule has 2 rings (SSSR count). The van der Waals surface area contributed by atoms with E-state index in [1.54, 1.807) is 0 Å². The summed E-state index contributed by atoms with van der Waals surface area (Å²) in [6.45, 7) is 8.64. The highest BCUT2D eigenvalue weighted by Crippen LogP contribution is 2.31. The van der Waals surface area contributed by atoms with Crippen LogP contribution in [0, 0.1) is 12.8 Å². The molecule has 5 nitrogen and oxygen atoms in total. The zero-order valence-corrected chi connectivity index (χ0v) is 16.5. The summed E-state index contributed by atoms with van der Waals surface area (Å²) < 4.78 is 0.753. The van der Waals surface area contributed by atoms with E-state index >= 15 is 0 Å². The Labute approximate surface area is 155 Å². The maximum atomic E-state index is 12.0. The number of aryl methyl sites for hydroxylation is 1. The zero-order chi connectivity index (χ0) is 17.7. The van der Waals surface area contributed by atoms with Crippen LogP contribution in [0.1, 0.15) is 26.3 Å². The molecule has 1 aromatic carbocycles. The summed E-state index contributed by atoms with van der Waals surface area (Å²) in [4.78, 5) is 12.0. The molecular formula is C16H21ClN4OS2. The van der Waals surface area contributed by atoms with Crippen LogP contribution in [0.15, 0.2) is 22.5 Å². The lowest BCUT2D eigenvalue weighted by Crippen LogP contribution is -2.33. The first-order chi connectivity index (χ1) is 11.3. The van der Waals surface area contributed by atoms with Gasteiger partial charge in [-0.25, -0.2) is 0 Å². The van der Waals surface area contributed by atoms with E-state index in [9.17, 15) is 4.79 Å². The Morgan fingerprint density at radius 3 is 2.75 bits per heavy atom. The quantitative estimate of drug-likeness (QED) is 0.688. The van der Waals surface area contributed by atoms with Crippen LogP contribution in [0.3, 0.4) is 0 Å². The summed E-state index contributed by atoms with van der Waals surface area (Å²) >= 11 is 8.94. The Bertz CT molecular complexity index is 705. The topological polar surface area (TPSA) is 66.9 Å². The summed E-state index contributed by atoms with van der Waals surface area (Å²) in [5.41, 5.74) is 1.89. The fraction of sp³-hybridized carbons (Fsp3) is 0.438. The van der Waals surface area contributed by atoms with Crippen molar-refractivity contribution in [3.8, 4) is 0 Å². The number of benzene rings is 1. The van der Waals surface area contributed by atoms with Gasteiger partial charge >= 0.3 is 0 Å². The Balaban J connectivity index is 1.92. The van der Waals surface area contributed by atoms with Crippen LogP contribution in [0.4, 0.5) is 10.8 Å². The molecule has 1 atom stereocenters. The van der Waals surface area contributed by atoms with Crippen LogP contribution in [-0.4, -0.2) is 27.9 Å². The minimum absolute atomic E-state index is 0.0173. The molecule has 1 amide bonds. The van der Waals surface area contributed by atoms with Gasteiger partial charge < -0.3 is 10.6 Å². The number of nitrogens with zero attached hydrogens (tertiary/aromatic N) is 2. The lowest BCUT2D eigenvalue weighted by Gasteiger charge is -2.11. The van der Waals surface area contributed by atoms with Crippen molar-refractivity contribution in [2.45, 2.75) is 37.3 Å². The molecule has 8 heteroatoms. The largest absolute Gasteiger partial charge is 0.355 e. The van der Waals surface area contributed by atoms with E-state index in [4.69, 9.17) is 11.6 Å². The molecule has 0 bridgehead atoms. The Morgan fingerprint density at radius 2 is 2.08 bits per heavy atom. The summed E-state index contributed by atoms with van der Waals surface area (Å²) in [5.74, 6) is 0.452. The number of thioether (sulfide) groups is 1. The summed E-state index contributed by atoms with van der Waals surface area (Å²) in [6, 6.07) is 5.74. The Hall–Kier alpha value is -1.31. The molecule has 0 saturated carbocycles. The van der Waals surface area contributed by atoms with E-state index in [1.165, 1.54) is 23.1 Å². The van der Waals surface area contributed by atoms with Crippen LogP contribution in [-0.2, 0) is 4.79 Å². The van der Waals surface area contributed by atoms with Gasteiger partial charge in [-0.2, -0.15) is 0 Å². The molecule has 0 aliphatic carbocycles. The second-order valence-electron chi connectivity index (χ2n) is 5.86. The fourth-order valence-corrected chi connectivity index (χ4v) is 3.88. The molecule has 0 saturated heterocycles. The van der Waals surface area contributed by atoms with E-state index in [2.05, 4.69) is 34.7 Å². The van der Waals surface area contributed by atoms with Crippen molar-refractivity contribution in [3.63, 3.8) is 0 Å². The van der Waals surface area contributed by atoms with Crippen molar-refractivity contribution >= 4 is 51.4 Å². The van der Waals surface area contributed by atoms with Crippen LogP contribution >= 0.6 is 34.7 Å². The smallest absolute Gasteiger partial charge is 0.233 e. The molecule has 24 heavy (non-hydrogen) atoms. The summed E-state index contributed by atoms with van der Waals surface area (Å²) in [7, 11) is 0. The van der Waals surface area contributed by atoms with Crippen molar-refractivity contribution in [2.75, 3.05) is 11.9 Å². The van der Waals surface area contributed by atoms with Crippen LogP contribution < -0.4 is 10.6 Å². The lowest BCUT2D eigenvalue weighted by atomic mass is 10.2. The highest BCUT2D eigenvalue weighted by Gasteiger charge is 2.17. The minimum atomic E-state index is -0.210. The van der Waals surface area contributed by atoms with Crippen LogP contribution in [0.2, 0.25) is 5.02 Å². The fourth-order valence-electron chi connectivity index (χ4n) is 1.76. The maximum Gasteiger partial charge on any atom is 0.233 e. The molecular weight excluding hydrogens is 364 g/mol. The third-order valence-corrected chi connectivity index (χ3v) is 5.59. The first-order valence-corrected chi connectivity index (χ1v) is 9.73. The summed E-state index contributed by atoms with van der Waals surface area (Å²) in [5, 5.41) is 15.5. The molecule has 2 aromatic rings. The van der Waals surface area contributed by atoms with Gasteiger partial charge in [-0.3, -0.25) is 4.79 Å². The van der Waals surface area contributed by atoms with Crippen molar-refractivity contribution < 1.29 is 4.79 Å². The molecule has 0 spiro atoms. The van der Waals surface area contributed by atoms with Gasteiger partial charge in [0, 0.05) is 17.3 Å². The molecule has 0 aliphatic rings. The molecule has 130 valence electrons. The van der Waals surface area contributed by atoms with Crippen LogP contribution in [0.5, 0.6) is 0 Å². The number of aromatic nitrogens is 2. The molecule has 1 heterocycles. The lowest BCUT2D eigenvalue weighted by molar-refractivity contribution is -0.120. The van der Waals surface area contributed by atoms with Gasteiger partial charge in [0.1, 0.15) is 0 Å². The first-order valence-electron chi connectivity index (χ1n) is 7.66. The second kappa shape index (κ2) is 8.69. The van der Waals surface area contributed by atoms with Gasteiger partial charge in [-0.05, 0) is 37.5 Å². The van der Waals surface area contributed by atoms with Gasteiger partial charge in [0.2, 0.25) is 11.0 Å². The van der Waals surface area contributed by atoms with Gasteiger partial charge in [-0.1, -0.05) is 54.6 Å². The van der Waals surface area contributed by atoms with Gasteiger partial charge in [0.25, 0.3) is 0 Å². The number of rotatable bonds is 7. The molecule has 2 N–H and O–H groups in total. The van der Waals surface area contributed by atoms with Crippen molar-refractivity contribution in [1.82, 2.24) is 15.5 Å². The third-order valence-electron chi connectivity index (χ3n) is 3.16. The van der Waals surface area contributed by atoms with Gasteiger partial charge in [0.05, 0.1) is 5.25 Å². The average molecular weight is 385 g/mol. The number of carbonyl (C=O) groups excluding carboxylic acids is 1. The number of carbonyl (C=O) groups is 1. The molecule has 0 radical (unpaired) electrons. The van der Waals surface area contributed by atoms with Crippen LogP contribution in [0.25, 0.3) is 0 Å². The number of halogens is 1. The monoisotopic (exact) mass is 384 g/mol. The number of anilines is 2. The normalized spacial score (nSPS) is 12.2. The first kappa shape index (κ1) is 19.0. The number of hydrogen-bond acceptors (Lipinski definition) is 6. The Morgan fingerprint density at radius 1 is 1.33 bits per heavy atom. The second-order valence-corrected chi connectivity index (χ2v) is 8.83. The third kappa shape index (κ3) is 5.65. The highest BCUT2D eigenvalue weighted by molar-refractivity contribution is 8.02. The standard InChI is InChI=1S/C16H21ClN4OS2/c1-9(2)8-18-14(22)11(4)23-16-21-20-15(24-16)19-12-6-5-10(3)13(17)7-12/h5-7,9,11H,8H2,1-4H3,(H,18,22)(H,19,20). The van der Waals surface area contributed by atoms with Crippen molar-refractivity contribution in [2.24, 2.45) is 5.92 Å². The zero-order valence-electron chi connectivity index (χ0n) is 14.1. The average Bonchev–Trinajstić information content (AvgIpc) is 2.95. The van der Waals surface area contributed by atoms with E-state index in [0.717, 1.165) is 15.6 Å². The predicted molar refractivity (Wildman–Crippen MR) is 103 cm³/mol.